The molecule has 0 saturated carbocycles. The zero-order chi connectivity index (χ0) is 15.2. The average Bonchev–Trinajstić information content (AvgIpc) is 2.36. The number of nitrogens with one attached hydrogen (secondary N) is 2. The van der Waals surface area contributed by atoms with Crippen LogP contribution in [0.4, 0.5) is 13.2 Å². The molecule has 1 aromatic rings. The predicted molar refractivity (Wildman–Crippen MR) is 78.6 cm³/mol. The van der Waals surface area contributed by atoms with Gasteiger partial charge in [0.25, 0.3) is 0 Å². The quantitative estimate of drug-likeness (QED) is 0.726. The molecule has 1 atom stereocenters. The zero-order valence-corrected chi connectivity index (χ0v) is 13.2. The Kier molecular flexibility index (Phi) is 6.99. The molecule has 2 nitrogen and oxygen atoms in total. The van der Waals surface area contributed by atoms with Crippen molar-refractivity contribution >= 4 is 15.9 Å². The number of halogens is 4. The van der Waals surface area contributed by atoms with Crippen LogP contribution < -0.4 is 10.6 Å². The van der Waals surface area contributed by atoms with Crippen molar-refractivity contribution in [1.29, 1.82) is 0 Å². The maximum atomic E-state index is 12.7. The van der Waals surface area contributed by atoms with E-state index in [1.807, 2.05) is 6.92 Å². The Morgan fingerprint density at radius 1 is 1.30 bits per heavy atom. The lowest BCUT2D eigenvalue weighted by Crippen LogP contribution is -2.36. The molecule has 20 heavy (non-hydrogen) atoms. The van der Waals surface area contributed by atoms with E-state index < -0.39 is 11.7 Å². The molecule has 114 valence electrons. The molecule has 0 amide bonds. The summed E-state index contributed by atoms with van der Waals surface area (Å²) in [6.07, 6.45) is -3.24. The molecule has 1 rings (SSSR count). The Labute approximate surface area is 126 Å². The first kappa shape index (κ1) is 17.5. The van der Waals surface area contributed by atoms with Crippen LogP contribution in [-0.2, 0) is 12.7 Å². The number of rotatable bonds is 7. The second-order valence-corrected chi connectivity index (χ2v) is 5.64. The third-order valence-corrected chi connectivity index (χ3v) is 3.66. The van der Waals surface area contributed by atoms with Gasteiger partial charge in [-0.25, -0.2) is 0 Å². The summed E-state index contributed by atoms with van der Waals surface area (Å²) in [5.74, 6) is 0. The molecular formula is C14H20BrF3N2. The first-order chi connectivity index (χ1) is 9.34. The fraction of sp³-hybridized carbons (Fsp3) is 0.571. The van der Waals surface area contributed by atoms with Crippen LogP contribution in [0.25, 0.3) is 0 Å². The van der Waals surface area contributed by atoms with Crippen molar-refractivity contribution in [2.45, 2.75) is 39.0 Å². The second kappa shape index (κ2) is 8.00. The molecule has 0 heterocycles. The maximum absolute atomic E-state index is 12.7. The van der Waals surface area contributed by atoms with E-state index in [2.05, 4.69) is 33.5 Å². The van der Waals surface area contributed by atoms with Gasteiger partial charge in [0.05, 0.1) is 5.56 Å². The fourth-order valence-electron chi connectivity index (χ4n) is 1.74. The third-order valence-electron chi connectivity index (χ3n) is 2.89. The summed E-state index contributed by atoms with van der Waals surface area (Å²) in [6.45, 7) is 6.23. The van der Waals surface area contributed by atoms with E-state index >= 15 is 0 Å². The van der Waals surface area contributed by atoms with E-state index in [1.54, 1.807) is 0 Å². The van der Waals surface area contributed by atoms with Crippen LogP contribution in [0.5, 0.6) is 0 Å². The molecule has 0 aliphatic rings. The van der Waals surface area contributed by atoms with Gasteiger partial charge in [-0.1, -0.05) is 22.9 Å². The molecule has 0 aromatic heterocycles. The van der Waals surface area contributed by atoms with E-state index in [1.165, 1.54) is 12.1 Å². The molecule has 0 aliphatic carbocycles. The molecule has 1 unspecified atom stereocenters. The van der Waals surface area contributed by atoms with Crippen molar-refractivity contribution in [2.75, 3.05) is 13.1 Å². The monoisotopic (exact) mass is 352 g/mol. The van der Waals surface area contributed by atoms with Gasteiger partial charge < -0.3 is 10.6 Å². The highest BCUT2D eigenvalue weighted by Crippen LogP contribution is 2.31. The molecule has 0 radical (unpaired) electrons. The van der Waals surface area contributed by atoms with Gasteiger partial charge in [0.2, 0.25) is 0 Å². The topological polar surface area (TPSA) is 24.1 Å². The zero-order valence-electron chi connectivity index (χ0n) is 11.6. The van der Waals surface area contributed by atoms with E-state index in [-0.39, 0.29) is 6.04 Å². The fourth-order valence-corrected chi connectivity index (χ4v) is 2.13. The van der Waals surface area contributed by atoms with Crippen LogP contribution in [0.15, 0.2) is 22.7 Å². The second-order valence-electron chi connectivity index (χ2n) is 4.79. The standard InChI is InChI=1S/C14H20BrF3N2/c1-3-6-19-8-10(2)20-9-11-7-12(14(16,17)18)4-5-13(11)15/h4-5,7,10,19-20H,3,6,8-9H2,1-2H3. The summed E-state index contributed by atoms with van der Waals surface area (Å²) in [7, 11) is 0. The van der Waals surface area contributed by atoms with Gasteiger partial charge in [-0.3, -0.25) is 0 Å². The summed E-state index contributed by atoms with van der Waals surface area (Å²) in [5, 5.41) is 6.48. The Morgan fingerprint density at radius 2 is 2.00 bits per heavy atom. The van der Waals surface area contributed by atoms with Gasteiger partial charge in [-0.15, -0.1) is 0 Å². The smallest absolute Gasteiger partial charge is 0.315 e. The van der Waals surface area contributed by atoms with E-state index in [0.29, 0.717) is 16.6 Å². The van der Waals surface area contributed by atoms with E-state index in [9.17, 15) is 13.2 Å². The van der Waals surface area contributed by atoms with Gasteiger partial charge in [0, 0.05) is 23.6 Å². The lowest BCUT2D eigenvalue weighted by atomic mass is 10.1. The summed E-state index contributed by atoms with van der Waals surface area (Å²) in [4.78, 5) is 0. The molecule has 0 aliphatic heterocycles. The van der Waals surface area contributed by atoms with Gasteiger partial charge in [-0.05, 0) is 43.7 Å². The lowest BCUT2D eigenvalue weighted by Gasteiger charge is -2.16. The molecule has 0 fully saturated rings. The maximum Gasteiger partial charge on any atom is 0.416 e. The molecule has 0 spiro atoms. The summed E-state index contributed by atoms with van der Waals surface area (Å²) < 4.78 is 38.7. The van der Waals surface area contributed by atoms with Crippen LogP contribution >= 0.6 is 15.9 Å². The Balaban J connectivity index is 2.59. The predicted octanol–water partition coefficient (Wildman–Crippen LogP) is 3.95. The highest BCUT2D eigenvalue weighted by Gasteiger charge is 2.30. The first-order valence-electron chi connectivity index (χ1n) is 6.64. The van der Waals surface area contributed by atoms with Crippen LogP contribution in [-0.4, -0.2) is 19.1 Å². The SMILES string of the molecule is CCCNCC(C)NCc1cc(C(F)(F)F)ccc1Br. The van der Waals surface area contributed by atoms with Crippen molar-refractivity contribution in [3.8, 4) is 0 Å². The average molecular weight is 353 g/mol. The number of alkyl halides is 3. The molecular weight excluding hydrogens is 333 g/mol. The summed E-state index contributed by atoms with van der Waals surface area (Å²) in [6, 6.07) is 3.91. The minimum absolute atomic E-state index is 0.197. The Bertz CT molecular complexity index is 421. The summed E-state index contributed by atoms with van der Waals surface area (Å²) in [5.41, 5.74) is -0.00331. The number of hydrogen-bond acceptors (Lipinski definition) is 2. The van der Waals surface area contributed by atoms with E-state index in [4.69, 9.17) is 0 Å². The highest BCUT2D eigenvalue weighted by atomic mass is 79.9. The van der Waals surface area contributed by atoms with Crippen molar-refractivity contribution in [3.63, 3.8) is 0 Å². The minimum atomic E-state index is -4.30. The van der Waals surface area contributed by atoms with Gasteiger partial charge >= 0.3 is 6.18 Å². The van der Waals surface area contributed by atoms with Crippen LogP contribution in [0.3, 0.4) is 0 Å². The molecule has 1 aromatic carbocycles. The van der Waals surface area contributed by atoms with Crippen molar-refractivity contribution in [3.05, 3.63) is 33.8 Å². The van der Waals surface area contributed by atoms with Gasteiger partial charge in [0.1, 0.15) is 0 Å². The number of benzene rings is 1. The first-order valence-corrected chi connectivity index (χ1v) is 7.43. The molecule has 6 heteroatoms. The van der Waals surface area contributed by atoms with Crippen LogP contribution in [0, 0.1) is 0 Å². The molecule has 2 N–H and O–H groups in total. The largest absolute Gasteiger partial charge is 0.416 e. The van der Waals surface area contributed by atoms with Crippen molar-refractivity contribution in [1.82, 2.24) is 10.6 Å². The number of hydrogen-bond donors (Lipinski definition) is 2. The highest BCUT2D eigenvalue weighted by molar-refractivity contribution is 9.10. The van der Waals surface area contributed by atoms with Gasteiger partial charge in [-0.2, -0.15) is 13.2 Å². The van der Waals surface area contributed by atoms with Gasteiger partial charge in [0.15, 0.2) is 0 Å². The molecule has 0 bridgehead atoms. The normalized spacial score (nSPS) is 13.5. The minimum Gasteiger partial charge on any atom is -0.315 e. The van der Waals surface area contributed by atoms with Crippen LogP contribution in [0.2, 0.25) is 0 Å². The van der Waals surface area contributed by atoms with Crippen molar-refractivity contribution < 1.29 is 13.2 Å². The van der Waals surface area contributed by atoms with Crippen LogP contribution in [0.1, 0.15) is 31.4 Å². The lowest BCUT2D eigenvalue weighted by molar-refractivity contribution is -0.137. The molecule has 0 saturated heterocycles. The Morgan fingerprint density at radius 3 is 2.60 bits per heavy atom. The van der Waals surface area contributed by atoms with E-state index in [0.717, 1.165) is 25.6 Å². The van der Waals surface area contributed by atoms with Crippen molar-refractivity contribution in [2.24, 2.45) is 0 Å². The Hall–Kier alpha value is -0.590. The summed E-state index contributed by atoms with van der Waals surface area (Å²) >= 11 is 3.29. The third kappa shape index (κ3) is 5.81.